The Kier molecular flexibility index (Phi) is 2.70. The lowest BCUT2D eigenvalue weighted by molar-refractivity contribution is 0.0379. The molecule has 0 aromatic carbocycles. The first-order chi connectivity index (χ1) is 5.52. The van der Waals surface area contributed by atoms with Gasteiger partial charge in [0.1, 0.15) is 0 Å². The lowest BCUT2D eigenvalue weighted by atomic mass is 9.84. The van der Waals surface area contributed by atoms with E-state index in [-0.39, 0.29) is 12.0 Å². The van der Waals surface area contributed by atoms with Gasteiger partial charge in [-0.25, -0.2) is 0 Å². The van der Waals surface area contributed by atoms with Crippen LogP contribution in [-0.2, 0) is 0 Å². The predicted molar refractivity (Wildman–Crippen MR) is 50.7 cm³/mol. The monoisotopic (exact) mass is 167 g/mol. The van der Waals surface area contributed by atoms with Crippen molar-refractivity contribution >= 4 is 0 Å². The van der Waals surface area contributed by atoms with Crippen LogP contribution in [0.25, 0.3) is 0 Å². The molecule has 68 valence electrons. The van der Waals surface area contributed by atoms with E-state index >= 15 is 0 Å². The minimum atomic E-state index is -0.791. The Bertz CT molecular complexity index is 200. The van der Waals surface area contributed by atoms with Crippen LogP contribution in [0.2, 0.25) is 0 Å². The van der Waals surface area contributed by atoms with Gasteiger partial charge in [0.2, 0.25) is 0 Å². The Balaban J connectivity index is 2.59. The van der Waals surface area contributed by atoms with Gasteiger partial charge < -0.3 is 10.8 Å². The fourth-order valence-corrected chi connectivity index (χ4v) is 1.39. The average molecular weight is 167 g/mol. The molecule has 0 spiro atoms. The van der Waals surface area contributed by atoms with Crippen molar-refractivity contribution in [3.63, 3.8) is 0 Å². The summed E-state index contributed by atoms with van der Waals surface area (Å²) in [5.41, 5.74) is 5.10. The highest BCUT2D eigenvalue weighted by molar-refractivity contribution is 5.13. The maximum absolute atomic E-state index is 9.66. The summed E-state index contributed by atoms with van der Waals surface area (Å²) in [7, 11) is 0. The van der Waals surface area contributed by atoms with E-state index in [0.29, 0.717) is 0 Å². The molecule has 1 aliphatic rings. The molecule has 0 amide bonds. The molecule has 12 heavy (non-hydrogen) atoms. The first-order valence-corrected chi connectivity index (χ1v) is 4.33. The van der Waals surface area contributed by atoms with Crippen LogP contribution < -0.4 is 5.73 Å². The highest BCUT2D eigenvalue weighted by atomic mass is 16.3. The fraction of sp³-hybridized carbons (Fsp3) is 0.600. The molecular formula is C10H17NO. The molecule has 0 radical (unpaired) electrons. The summed E-state index contributed by atoms with van der Waals surface area (Å²) >= 11 is 0. The largest absolute Gasteiger partial charge is 0.389 e. The zero-order valence-electron chi connectivity index (χ0n) is 7.70. The molecule has 3 N–H and O–H groups in total. The van der Waals surface area contributed by atoms with Crippen LogP contribution in [0.15, 0.2) is 24.3 Å². The summed E-state index contributed by atoms with van der Waals surface area (Å²) in [6, 6.07) is -0.182. The van der Waals surface area contributed by atoms with Crippen LogP contribution in [0.1, 0.15) is 20.3 Å². The molecule has 0 aliphatic heterocycles. The zero-order valence-corrected chi connectivity index (χ0v) is 7.70. The molecule has 0 fully saturated rings. The summed E-state index contributed by atoms with van der Waals surface area (Å²) in [5.74, 6) is 0.273. The lowest BCUT2D eigenvalue weighted by Gasteiger charge is -2.31. The minimum Gasteiger partial charge on any atom is -0.389 e. The lowest BCUT2D eigenvalue weighted by Crippen LogP contribution is -2.47. The molecule has 0 saturated carbocycles. The van der Waals surface area contributed by atoms with Gasteiger partial charge >= 0.3 is 0 Å². The minimum absolute atomic E-state index is 0.182. The van der Waals surface area contributed by atoms with Gasteiger partial charge in [0, 0.05) is 6.04 Å². The molecular weight excluding hydrogens is 150 g/mol. The van der Waals surface area contributed by atoms with Gasteiger partial charge in [-0.05, 0) is 26.2 Å². The van der Waals surface area contributed by atoms with E-state index in [1.807, 2.05) is 12.2 Å². The molecule has 0 heterocycles. The van der Waals surface area contributed by atoms with Gasteiger partial charge in [-0.3, -0.25) is 0 Å². The standard InChI is InChI=1S/C10H17NO/c1-10(2,12)9(11)8-6-4-3-5-7-8/h3-6,8-9,12H,7,11H2,1-2H3/t8?,9-/m0/s1. The van der Waals surface area contributed by atoms with Crippen LogP contribution in [0, 0.1) is 5.92 Å². The van der Waals surface area contributed by atoms with Crippen molar-refractivity contribution in [3.8, 4) is 0 Å². The Morgan fingerprint density at radius 2 is 2.17 bits per heavy atom. The molecule has 0 bridgehead atoms. The third-order valence-electron chi connectivity index (χ3n) is 2.29. The van der Waals surface area contributed by atoms with E-state index in [0.717, 1.165) is 6.42 Å². The van der Waals surface area contributed by atoms with Crippen molar-refractivity contribution < 1.29 is 5.11 Å². The molecule has 1 rings (SSSR count). The highest BCUT2D eigenvalue weighted by Gasteiger charge is 2.28. The zero-order chi connectivity index (χ0) is 9.19. The Morgan fingerprint density at radius 3 is 2.58 bits per heavy atom. The summed E-state index contributed by atoms with van der Waals surface area (Å²) in [6.45, 7) is 3.51. The molecule has 0 saturated heterocycles. The topological polar surface area (TPSA) is 46.2 Å². The van der Waals surface area contributed by atoms with E-state index in [1.165, 1.54) is 0 Å². The van der Waals surface area contributed by atoms with Gasteiger partial charge in [0.15, 0.2) is 0 Å². The second-order valence-corrected chi connectivity index (χ2v) is 3.89. The normalized spacial score (nSPS) is 25.8. The molecule has 2 nitrogen and oxygen atoms in total. The number of hydrogen-bond acceptors (Lipinski definition) is 2. The van der Waals surface area contributed by atoms with Crippen molar-refractivity contribution in [2.45, 2.75) is 31.9 Å². The second kappa shape index (κ2) is 3.42. The number of aliphatic hydroxyl groups is 1. The van der Waals surface area contributed by atoms with Crippen molar-refractivity contribution in [2.24, 2.45) is 11.7 Å². The van der Waals surface area contributed by atoms with Gasteiger partial charge in [-0.2, -0.15) is 0 Å². The predicted octanol–water partition coefficient (Wildman–Crippen LogP) is 1.22. The maximum Gasteiger partial charge on any atom is 0.0747 e. The van der Waals surface area contributed by atoms with E-state index in [9.17, 15) is 5.11 Å². The van der Waals surface area contributed by atoms with Gasteiger partial charge in [-0.1, -0.05) is 24.3 Å². The molecule has 1 aliphatic carbocycles. The van der Waals surface area contributed by atoms with Crippen LogP contribution in [0.5, 0.6) is 0 Å². The third-order valence-corrected chi connectivity index (χ3v) is 2.29. The van der Waals surface area contributed by atoms with Gasteiger partial charge in [0.25, 0.3) is 0 Å². The van der Waals surface area contributed by atoms with Crippen LogP contribution in [0.3, 0.4) is 0 Å². The van der Waals surface area contributed by atoms with Crippen molar-refractivity contribution in [2.75, 3.05) is 0 Å². The average Bonchev–Trinajstić information content (AvgIpc) is 2.03. The maximum atomic E-state index is 9.66. The van der Waals surface area contributed by atoms with Crippen LogP contribution >= 0.6 is 0 Å². The van der Waals surface area contributed by atoms with Gasteiger partial charge in [0.05, 0.1) is 5.60 Å². The molecule has 0 aromatic rings. The van der Waals surface area contributed by atoms with Crippen molar-refractivity contribution in [1.82, 2.24) is 0 Å². The van der Waals surface area contributed by atoms with Gasteiger partial charge in [-0.15, -0.1) is 0 Å². The molecule has 2 heteroatoms. The molecule has 2 atom stereocenters. The summed E-state index contributed by atoms with van der Waals surface area (Å²) in [4.78, 5) is 0. The smallest absolute Gasteiger partial charge is 0.0747 e. The fourth-order valence-electron chi connectivity index (χ4n) is 1.39. The number of nitrogens with two attached hydrogens (primary N) is 1. The first-order valence-electron chi connectivity index (χ1n) is 4.33. The number of allylic oxidation sites excluding steroid dienone is 3. The summed E-state index contributed by atoms with van der Waals surface area (Å²) in [5, 5.41) is 9.66. The van der Waals surface area contributed by atoms with Crippen molar-refractivity contribution in [1.29, 1.82) is 0 Å². The third kappa shape index (κ3) is 2.19. The Labute approximate surface area is 73.8 Å². The van der Waals surface area contributed by atoms with Crippen LogP contribution in [0.4, 0.5) is 0 Å². The van der Waals surface area contributed by atoms with E-state index in [4.69, 9.17) is 5.73 Å². The quantitative estimate of drug-likeness (QED) is 0.649. The Hall–Kier alpha value is -0.600. The second-order valence-electron chi connectivity index (χ2n) is 3.89. The van der Waals surface area contributed by atoms with E-state index in [1.54, 1.807) is 13.8 Å². The van der Waals surface area contributed by atoms with E-state index in [2.05, 4.69) is 12.2 Å². The Morgan fingerprint density at radius 1 is 1.50 bits per heavy atom. The molecule has 0 aromatic heterocycles. The first kappa shape index (κ1) is 9.49. The number of hydrogen-bond donors (Lipinski definition) is 2. The van der Waals surface area contributed by atoms with Crippen LogP contribution in [-0.4, -0.2) is 16.7 Å². The summed E-state index contributed by atoms with van der Waals surface area (Å²) in [6.07, 6.45) is 9.06. The van der Waals surface area contributed by atoms with Crippen molar-refractivity contribution in [3.05, 3.63) is 24.3 Å². The SMILES string of the molecule is CC(C)(O)[C@@H](N)C1C=CC=CC1. The summed E-state index contributed by atoms with van der Waals surface area (Å²) < 4.78 is 0. The van der Waals surface area contributed by atoms with E-state index < -0.39 is 5.60 Å². The molecule has 1 unspecified atom stereocenters. The number of rotatable bonds is 2. The highest BCUT2D eigenvalue weighted by Crippen LogP contribution is 2.21.